The van der Waals surface area contributed by atoms with Gasteiger partial charge >= 0.3 is 5.88 Å². The molecule has 0 bridgehead atoms. The Hall–Kier alpha value is -3.25. The number of nitrogens with zero attached hydrogens (tertiary/aromatic N) is 7. The van der Waals surface area contributed by atoms with Crippen molar-refractivity contribution in [1.29, 1.82) is 0 Å². The van der Waals surface area contributed by atoms with E-state index < -0.39 is 10.8 Å². The van der Waals surface area contributed by atoms with Crippen LogP contribution in [0.4, 0.5) is 17.5 Å². The normalized spacial score (nSPS) is 17.8. The molecule has 0 unspecified atom stereocenters. The summed E-state index contributed by atoms with van der Waals surface area (Å²) in [5.41, 5.74) is 0. The molecule has 0 saturated carbocycles. The summed E-state index contributed by atoms with van der Waals surface area (Å²) in [7, 11) is 0. The summed E-state index contributed by atoms with van der Waals surface area (Å²) in [6.45, 7) is 6.44. The van der Waals surface area contributed by atoms with Crippen LogP contribution in [-0.2, 0) is 0 Å². The number of carbonyl (C=O) groups excluding carboxylic acids is 1. The van der Waals surface area contributed by atoms with Crippen molar-refractivity contribution in [3.63, 3.8) is 0 Å². The third-order valence-electron chi connectivity index (χ3n) is 5.62. The number of nitro groups is 1. The van der Waals surface area contributed by atoms with E-state index in [1.54, 1.807) is 4.90 Å². The highest BCUT2D eigenvalue weighted by Gasteiger charge is 2.27. The zero-order valence-corrected chi connectivity index (χ0v) is 17.1. The average molecular weight is 431 g/mol. The monoisotopic (exact) mass is 431 g/mol. The number of aliphatic hydroxyl groups excluding tert-OH is 1. The molecule has 2 aliphatic heterocycles. The highest BCUT2D eigenvalue weighted by molar-refractivity contribution is 5.92. The van der Waals surface area contributed by atoms with E-state index in [1.165, 1.54) is 12.1 Å². The topological polar surface area (TPSA) is 132 Å². The molecule has 1 N–H and O–H groups in total. The van der Waals surface area contributed by atoms with E-state index in [0.29, 0.717) is 32.7 Å². The standard InChI is InChI=1S/C19H25N7O5/c27-14-13-22-5-7-23(8-6-22)16-2-3-17(21-20-16)24-9-11-25(12-10-24)19(28)15-1-4-18(31-15)26(29)30/h1-4,27H,5-14H2. The van der Waals surface area contributed by atoms with E-state index in [1.807, 2.05) is 12.1 Å². The first-order valence-electron chi connectivity index (χ1n) is 10.3. The van der Waals surface area contributed by atoms with Crippen molar-refractivity contribution in [1.82, 2.24) is 20.0 Å². The van der Waals surface area contributed by atoms with Gasteiger partial charge in [-0.05, 0) is 18.2 Å². The van der Waals surface area contributed by atoms with Crippen LogP contribution in [0.3, 0.4) is 0 Å². The minimum absolute atomic E-state index is 0.0246. The lowest BCUT2D eigenvalue weighted by atomic mass is 10.2. The second-order valence-corrected chi connectivity index (χ2v) is 7.48. The summed E-state index contributed by atoms with van der Waals surface area (Å²) in [4.78, 5) is 30.7. The number of hydrogen-bond acceptors (Lipinski definition) is 10. The average Bonchev–Trinajstić information content (AvgIpc) is 3.30. The van der Waals surface area contributed by atoms with E-state index in [9.17, 15) is 14.9 Å². The maximum absolute atomic E-state index is 12.5. The zero-order valence-electron chi connectivity index (χ0n) is 17.1. The minimum Gasteiger partial charge on any atom is -0.395 e. The fraction of sp³-hybridized carbons (Fsp3) is 0.526. The van der Waals surface area contributed by atoms with Crippen LogP contribution >= 0.6 is 0 Å². The van der Waals surface area contributed by atoms with Gasteiger partial charge in [0, 0.05) is 58.9 Å². The molecule has 166 valence electrons. The van der Waals surface area contributed by atoms with Crippen molar-refractivity contribution in [3.8, 4) is 0 Å². The predicted octanol–water partition coefficient (Wildman–Crippen LogP) is 0.0545. The lowest BCUT2D eigenvalue weighted by molar-refractivity contribution is -0.402. The van der Waals surface area contributed by atoms with Crippen LogP contribution in [0.2, 0.25) is 0 Å². The molecule has 4 rings (SSSR count). The molecule has 2 fully saturated rings. The summed E-state index contributed by atoms with van der Waals surface area (Å²) < 4.78 is 5.02. The minimum atomic E-state index is -0.661. The molecule has 0 spiro atoms. The molecule has 2 saturated heterocycles. The maximum atomic E-state index is 12.5. The van der Waals surface area contributed by atoms with Crippen molar-refractivity contribution < 1.29 is 19.2 Å². The third kappa shape index (κ3) is 4.75. The molecule has 2 aromatic rings. The predicted molar refractivity (Wildman–Crippen MR) is 111 cm³/mol. The molecule has 1 amide bonds. The maximum Gasteiger partial charge on any atom is 0.433 e. The summed E-state index contributed by atoms with van der Waals surface area (Å²) in [6.07, 6.45) is 0. The van der Waals surface area contributed by atoms with Crippen LogP contribution in [0, 0.1) is 10.1 Å². The van der Waals surface area contributed by atoms with Gasteiger partial charge in [-0.2, -0.15) is 0 Å². The molecular formula is C19H25N7O5. The molecule has 12 heteroatoms. The van der Waals surface area contributed by atoms with Crippen molar-refractivity contribution in [3.05, 3.63) is 40.1 Å². The number of aliphatic hydroxyl groups is 1. The van der Waals surface area contributed by atoms with Crippen molar-refractivity contribution in [2.24, 2.45) is 0 Å². The number of anilines is 2. The Morgan fingerprint density at radius 3 is 2.03 bits per heavy atom. The molecule has 0 radical (unpaired) electrons. The first kappa shape index (κ1) is 21.0. The first-order chi connectivity index (χ1) is 15.0. The van der Waals surface area contributed by atoms with Crippen LogP contribution < -0.4 is 9.80 Å². The van der Waals surface area contributed by atoms with Crippen LogP contribution in [0.1, 0.15) is 10.6 Å². The van der Waals surface area contributed by atoms with Crippen molar-refractivity contribution in [2.75, 3.05) is 75.3 Å². The Balaban J connectivity index is 1.30. The number of hydrogen-bond donors (Lipinski definition) is 1. The fourth-order valence-corrected chi connectivity index (χ4v) is 3.83. The third-order valence-corrected chi connectivity index (χ3v) is 5.62. The van der Waals surface area contributed by atoms with Gasteiger partial charge in [-0.1, -0.05) is 0 Å². The van der Waals surface area contributed by atoms with Crippen LogP contribution in [-0.4, -0.2) is 101 Å². The molecule has 0 aromatic carbocycles. The van der Waals surface area contributed by atoms with Crippen LogP contribution in [0.15, 0.2) is 28.7 Å². The smallest absolute Gasteiger partial charge is 0.395 e. The molecular weight excluding hydrogens is 406 g/mol. The van der Waals surface area contributed by atoms with Gasteiger partial charge in [-0.15, -0.1) is 10.2 Å². The SMILES string of the molecule is O=C(c1ccc([N+](=O)[O-])o1)N1CCN(c2ccc(N3CCN(CCO)CC3)nn2)CC1. The van der Waals surface area contributed by atoms with Crippen molar-refractivity contribution >= 4 is 23.4 Å². The summed E-state index contributed by atoms with van der Waals surface area (Å²) in [5.74, 6) is 0.772. The largest absolute Gasteiger partial charge is 0.433 e. The number of aromatic nitrogens is 2. The Morgan fingerprint density at radius 1 is 0.968 bits per heavy atom. The molecule has 2 aliphatic rings. The number of furan rings is 1. The number of rotatable bonds is 6. The Labute approximate surface area is 178 Å². The highest BCUT2D eigenvalue weighted by Crippen LogP contribution is 2.20. The summed E-state index contributed by atoms with van der Waals surface area (Å²) in [5, 5.41) is 28.5. The first-order valence-corrected chi connectivity index (χ1v) is 10.3. The number of piperazine rings is 2. The fourth-order valence-electron chi connectivity index (χ4n) is 3.83. The van der Waals surface area contributed by atoms with Crippen LogP contribution in [0.25, 0.3) is 0 Å². The molecule has 4 heterocycles. The highest BCUT2D eigenvalue weighted by atomic mass is 16.6. The molecule has 2 aromatic heterocycles. The number of carbonyl (C=O) groups is 1. The second kappa shape index (κ2) is 9.27. The van der Waals surface area contributed by atoms with Gasteiger partial charge in [0.05, 0.1) is 12.7 Å². The van der Waals surface area contributed by atoms with Gasteiger partial charge in [-0.3, -0.25) is 19.8 Å². The van der Waals surface area contributed by atoms with E-state index in [2.05, 4.69) is 24.9 Å². The van der Waals surface area contributed by atoms with Gasteiger partial charge in [0.1, 0.15) is 4.92 Å². The van der Waals surface area contributed by atoms with E-state index in [0.717, 1.165) is 37.8 Å². The Kier molecular flexibility index (Phi) is 6.28. The van der Waals surface area contributed by atoms with Gasteiger partial charge in [0.25, 0.3) is 5.91 Å². The van der Waals surface area contributed by atoms with Gasteiger partial charge in [0.15, 0.2) is 17.4 Å². The molecule has 12 nitrogen and oxygen atoms in total. The van der Waals surface area contributed by atoms with Crippen LogP contribution in [0.5, 0.6) is 0 Å². The van der Waals surface area contributed by atoms with E-state index in [4.69, 9.17) is 9.52 Å². The van der Waals surface area contributed by atoms with Gasteiger partial charge in [0.2, 0.25) is 0 Å². The second-order valence-electron chi connectivity index (χ2n) is 7.48. The van der Waals surface area contributed by atoms with E-state index >= 15 is 0 Å². The lowest BCUT2D eigenvalue weighted by Gasteiger charge is -2.36. The van der Waals surface area contributed by atoms with E-state index in [-0.39, 0.29) is 18.3 Å². The molecule has 0 atom stereocenters. The van der Waals surface area contributed by atoms with Gasteiger partial charge in [-0.25, -0.2) is 0 Å². The number of β-amino-alcohol motifs (C(OH)–C–C–N with tert-alkyl or cyclic N) is 1. The quantitative estimate of drug-likeness (QED) is 0.494. The lowest BCUT2D eigenvalue weighted by Crippen LogP contribution is -2.49. The molecule has 0 aliphatic carbocycles. The summed E-state index contributed by atoms with van der Waals surface area (Å²) in [6, 6.07) is 6.42. The Morgan fingerprint density at radius 2 is 1.55 bits per heavy atom. The summed E-state index contributed by atoms with van der Waals surface area (Å²) >= 11 is 0. The zero-order chi connectivity index (χ0) is 21.8. The van der Waals surface area contributed by atoms with Gasteiger partial charge < -0.3 is 24.2 Å². The molecule has 31 heavy (non-hydrogen) atoms. The Bertz CT molecular complexity index is 903. The number of amides is 1. The van der Waals surface area contributed by atoms with Crippen molar-refractivity contribution in [2.45, 2.75) is 0 Å².